The molecule has 0 radical (unpaired) electrons. The molecule has 2 atom stereocenters. The van der Waals surface area contributed by atoms with Crippen LogP contribution in [0.1, 0.15) is 36.8 Å². The maximum absolute atomic E-state index is 12.9. The molecule has 2 rings (SSSR count). The van der Waals surface area contributed by atoms with Gasteiger partial charge in [-0.25, -0.2) is 0 Å². The third-order valence-corrected chi connectivity index (χ3v) is 4.45. The van der Waals surface area contributed by atoms with Crippen LogP contribution in [0.25, 0.3) is 0 Å². The Kier molecular flexibility index (Phi) is 5.80. The molecule has 0 amide bonds. The Morgan fingerprint density at radius 3 is 2.46 bits per heavy atom. The maximum atomic E-state index is 12.9. The van der Waals surface area contributed by atoms with Gasteiger partial charge in [-0.05, 0) is 57.6 Å². The van der Waals surface area contributed by atoms with Gasteiger partial charge in [-0.2, -0.15) is 13.2 Å². The Balaban J connectivity index is 2.05. The van der Waals surface area contributed by atoms with Gasteiger partial charge >= 0.3 is 6.18 Å². The number of rotatable bonds is 5. The highest BCUT2D eigenvalue weighted by molar-refractivity contribution is 5.52. The first-order valence-corrected chi connectivity index (χ1v) is 8.24. The number of alkyl halides is 3. The largest absolute Gasteiger partial charge is 0.416 e. The van der Waals surface area contributed by atoms with E-state index in [0.29, 0.717) is 23.1 Å². The molecule has 0 saturated heterocycles. The van der Waals surface area contributed by atoms with E-state index < -0.39 is 11.7 Å². The SMILES string of the molecule is C=C(Nc1cc(C)cc(C(F)(F)F)c1)N[C@@H]1CCCC[C@H]1N(C)C. The number of likely N-dealkylation sites (N-methyl/N-ethyl adjacent to an activating group) is 1. The second-order valence-electron chi connectivity index (χ2n) is 6.76. The number of hydrogen-bond donors (Lipinski definition) is 2. The van der Waals surface area contributed by atoms with E-state index in [1.54, 1.807) is 13.0 Å². The molecule has 0 spiro atoms. The van der Waals surface area contributed by atoms with Crippen LogP contribution in [0.4, 0.5) is 18.9 Å². The van der Waals surface area contributed by atoms with Gasteiger partial charge in [0.15, 0.2) is 0 Å². The summed E-state index contributed by atoms with van der Waals surface area (Å²) in [6, 6.07) is 4.60. The number of nitrogens with zero attached hydrogens (tertiary/aromatic N) is 1. The average molecular weight is 341 g/mol. The van der Waals surface area contributed by atoms with Crippen molar-refractivity contribution in [1.82, 2.24) is 10.2 Å². The van der Waals surface area contributed by atoms with Crippen molar-refractivity contribution in [1.29, 1.82) is 0 Å². The standard InChI is InChI=1S/C18H26F3N3/c1-12-9-14(18(19,20)21)11-15(10-12)22-13(2)23-16-7-5-6-8-17(16)24(3)4/h9-11,16-17,22-23H,2,5-8H2,1,3-4H3/t16-,17-/m1/s1. The number of nitrogens with one attached hydrogen (secondary N) is 2. The Labute approximate surface area is 141 Å². The van der Waals surface area contributed by atoms with Gasteiger partial charge in [0.1, 0.15) is 0 Å². The molecule has 134 valence electrons. The quantitative estimate of drug-likeness (QED) is 0.833. The third-order valence-electron chi connectivity index (χ3n) is 4.45. The highest BCUT2D eigenvalue weighted by atomic mass is 19.4. The van der Waals surface area contributed by atoms with Crippen molar-refractivity contribution in [2.24, 2.45) is 0 Å². The van der Waals surface area contributed by atoms with Crippen LogP contribution in [-0.4, -0.2) is 31.1 Å². The molecule has 1 aliphatic rings. The summed E-state index contributed by atoms with van der Waals surface area (Å²) in [5.41, 5.74) is 0.308. The minimum Gasteiger partial charge on any atom is -0.368 e. The van der Waals surface area contributed by atoms with Crippen molar-refractivity contribution in [3.63, 3.8) is 0 Å². The van der Waals surface area contributed by atoms with E-state index in [1.807, 2.05) is 0 Å². The summed E-state index contributed by atoms with van der Waals surface area (Å²) in [7, 11) is 4.11. The molecule has 0 unspecified atom stereocenters. The lowest BCUT2D eigenvalue weighted by Gasteiger charge is -2.37. The van der Waals surface area contributed by atoms with Gasteiger partial charge in [0.2, 0.25) is 0 Å². The summed E-state index contributed by atoms with van der Waals surface area (Å²) >= 11 is 0. The van der Waals surface area contributed by atoms with Crippen LogP contribution in [-0.2, 0) is 6.18 Å². The molecule has 2 N–H and O–H groups in total. The second-order valence-corrected chi connectivity index (χ2v) is 6.76. The van der Waals surface area contributed by atoms with Crippen molar-refractivity contribution in [3.05, 3.63) is 41.7 Å². The molecular weight excluding hydrogens is 315 g/mol. The number of halogens is 3. The number of hydrogen-bond acceptors (Lipinski definition) is 3. The summed E-state index contributed by atoms with van der Waals surface area (Å²) in [4.78, 5) is 2.19. The minimum absolute atomic E-state index is 0.251. The average Bonchev–Trinajstić information content (AvgIpc) is 2.45. The van der Waals surface area contributed by atoms with Gasteiger partial charge < -0.3 is 15.5 Å². The Bertz CT molecular complexity index is 581. The molecule has 0 bridgehead atoms. The lowest BCUT2D eigenvalue weighted by Crippen LogP contribution is -2.49. The predicted molar refractivity (Wildman–Crippen MR) is 91.8 cm³/mol. The zero-order valence-corrected chi connectivity index (χ0v) is 14.5. The first-order chi connectivity index (χ1) is 11.2. The zero-order chi connectivity index (χ0) is 17.9. The van der Waals surface area contributed by atoms with Crippen molar-refractivity contribution in [2.75, 3.05) is 19.4 Å². The van der Waals surface area contributed by atoms with E-state index >= 15 is 0 Å². The first-order valence-electron chi connectivity index (χ1n) is 8.24. The fraction of sp³-hybridized carbons (Fsp3) is 0.556. The summed E-state index contributed by atoms with van der Waals surface area (Å²) in [6.07, 6.45) is 0.147. The third kappa shape index (κ3) is 4.90. The van der Waals surface area contributed by atoms with Gasteiger partial charge in [0.25, 0.3) is 0 Å². The molecule has 1 saturated carbocycles. The molecular formula is C18H26F3N3. The van der Waals surface area contributed by atoms with Gasteiger partial charge in [-0.3, -0.25) is 0 Å². The summed E-state index contributed by atoms with van der Waals surface area (Å²) in [6.45, 7) is 5.59. The van der Waals surface area contributed by atoms with Crippen molar-refractivity contribution in [3.8, 4) is 0 Å². The number of anilines is 1. The molecule has 0 heterocycles. The predicted octanol–water partition coefficient (Wildman–Crippen LogP) is 4.36. The van der Waals surface area contributed by atoms with Crippen LogP contribution >= 0.6 is 0 Å². The second kappa shape index (κ2) is 7.47. The van der Waals surface area contributed by atoms with E-state index in [9.17, 15) is 13.2 Å². The monoisotopic (exact) mass is 341 g/mol. The Morgan fingerprint density at radius 2 is 1.83 bits per heavy atom. The van der Waals surface area contributed by atoms with Crippen molar-refractivity contribution >= 4 is 5.69 Å². The van der Waals surface area contributed by atoms with E-state index in [-0.39, 0.29) is 6.04 Å². The summed E-state index contributed by atoms with van der Waals surface area (Å²) in [5, 5.41) is 6.33. The Hall–Kier alpha value is -1.69. The van der Waals surface area contributed by atoms with Gasteiger partial charge in [0.05, 0.1) is 11.4 Å². The van der Waals surface area contributed by atoms with Crippen molar-refractivity contribution in [2.45, 2.75) is 50.9 Å². The molecule has 1 aromatic carbocycles. The molecule has 1 fully saturated rings. The lowest BCUT2D eigenvalue weighted by molar-refractivity contribution is -0.137. The fourth-order valence-electron chi connectivity index (χ4n) is 3.35. The normalized spacial score (nSPS) is 21.6. The van der Waals surface area contributed by atoms with E-state index in [1.165, 1.54) is 6.42 Å². The van der Waals surface area contributed by atoms with Gasteiger partial charge in [0, 0.05) is 17.8 Å². The number of aryl methyl sites for hydroxylation is 1. The molecule has 0 aromatic heterocycles. The topological polar surface area (TPSA) is 27.3 Å². The maximum Gasteiger partial charge on any atom is 0.416 e. The molecule has 6 heteroatoms. The van der Waals surface area contributed by atoms with Gasteiger partial charge in [-0.1, -0.05) is 19.4 Å². The minimum atomic E-state index is -4.35. The summed E-state index contributed by atoms with van der Waals surface area (Å²) < 4.78 is 38.8. The van der Waals surface area contributed by atoms with Crippen molar-refractivity contribution < 1.29 is 13.2 Å². The molecule has 24 heavy (non-hydrogen) atoms. The van der Waals surface area contributed by atoms with E-state index in [4.69, 9.17) is 0 Å². The van der Waals surface area contributed by atoms with Crippen LogP contribution in [0.5, 0.6) is 0 Å². The van der Waals surface area contributed by atoms with Crippen LogP contribution in [0.3, 0.4) is 0 Å². The van der Waals surface area contributed by atoms with E-state index in [2.05, 4.69) is 36.2 Å². The highest BCUT2D eigenvalue weighted by Gasteiger charge is 2.31. The van der Waals surface area contributed by atoms with Crippen LogP contribution in [0.2, 0.25) is 0 Å². The number of benzene rings is 1. The molecule has 1 aliphatic carbocycles. The molecule has 1 aromatic rings. The molecule has 3 nitrogen and oxygen atoms in total. The summed E-state index contributed by atoms with van der Waals surface area (Å²) in [5.74, 6) is 0.535. The Morgan fingerprint density at radius 1 is 1.17 bits per heavy atom. The smallest absolute Gasteiger partial charge is 0.368 e. The van der Waals surface area contributed by atoms with E-state index in [0.717, 1.165) is 31.4 Å². The highest BCUT2D eigenvalue weighted by Crippen LogP contribution is 2.32. The fourth-order valence-corrected chi connectivity index (χ4v) is 3.35. The zero-order valence-electron chi connectivity index (χ0n) is 14.5. The van der Waals surface area contributed by atoms with Crippen LogP contribution < -0.4 is 10.6 Å². The van der Waals surface area contributed by atoms with Crippen LogP contribution in [0, 0.1) is 6.92 Å². The first kappa shape index (κ1) is 18.6. The van der Waals surface area contributed by atoms with Crippen LogP contribution in [0.15, 0.2) is 30.6 Å². The molecule has 0 aliphatic heterocycles. The van der Waals surface area contributed by atoms with Gasteiger partial charge in [-0.15, -0.1) is 0 Å². The lowest BCUT2D eigenvalue weighted by atomic mass is 9.89.